The van der Waals surface area contributed by atoms with Gasteiger partial charge in [0.1, 0.15) is 0 Å². The number of pyridine rings is 1. The first kappa shape index (κ1) is 9.03. The molecule has 0 unspecified atom stereocenters. The SMILES string of the molecule is Cl.c1ccc2c(c1)[nH]c1cnccc12. The Morgan fingerprint density at radius 1 is 0.929 bits per heavy atom. The second-order valence-electron chi connectivity index (χ2n) is 3.09. The molecule has 0 bridgehead atoms. The van der Waals surface area contributed by atoms with Crippen LogP contribution in [-0.4, -0.2) is 9.97 Å². The fraction of sp³-hybridized carbons (Fsp3) is 0. The van der Waals surface area contributed by atoms with Crippen LogP contribution in [0.5, 0.6) is 0 Å². The molecule has 2 nitrogen and oxygen atoms in total. The summed E-state index contributed by atoms with van der Waals surface area (Å²) < 4.78 is 0. The van der Waals surface area contributed by atoms with Crippen molar-refractivity contribution in [3.05, 3.63) is 42.7 Å². The molecule has 0 atom stereocenters. The van der Waals surface area contributed by atoms with E-state index in [-0.39, 0.29) is 12.4 Å². The number of H-pyrrole nitrogens is 1. The van der Waals surface area contributed by atoms with Crippen molar-refractivity contribution in [3.63, 3.8) is 0 Å². The standard InChI is InChI=1S/C11H8N2.ClH/c1-2-4-10-8(3-1)9-5-6-12-7-11(9)13-10;/h1-7,13H;1H. The van der Waals surface area contributed by atoms with Crippen molar-refractivity contribution in [2.45, 2.75) is 0 Å². The van der Waals surface area contributed by atoms with Crippen LogP contribution in [0.4, 0.5) is 0 Å². The first-order valence-electron chi connectivity index (χ1n) is 4.25. The van der Waals surface area contributed by atoms with Crippen LogP contribution in [0.1, 0.15) is 0 Å². The molecule has 0 aliphatic carbocycles. The highest BCUT2D eigenvalue weighted by Gasteiger charge is 2.00. The highest BCUT2D eigenvalue weighted by Crippen LogP contribution is 2.23. The Morgan fingerprint density at radius 3 is 2.64 bits per heavy atom. The molecule has 0 fully saturated rings. The van der Waals surface area contributed by atoms with Gasteiger partial charge in [-0.15, -0.1) is 12.4 Å². The maximum Gasteiger partial charge on any atom is 0.0651 e. The second-order valence-corrected chi connectivity index (χ2v) is 3.09. The van der Waals surface area contributed by atoms with Gasteiger partial charge in [-0.1, -0.05) is 18.2 Å². The molecule has 3 heteroatoms. The molecule has 2 aromatic heterocycles. The van der Waals surface area contributed by atoms with Crippen molar-refractivity contribution in [2.24, 2.45) is 0 Å². The number of nitrogens with one attached hydrogen (secondary N) is 1. The zero-order valence-electron chi connectivity index (χ0n) is 7.40. The highest BCUT2D eigenvalue weighted by molar-refractivity contribution is 6.06. The molecule has 14 heavy (non-hydrogen) atoms. The van der Waals surface area contributed by atoms with Crippen molar-refractivity contribution in [1.82, 2.24) is 9.97 Å². The van der Waals surface area contributed by atoms with Crippen LogP contribution in [0.2, 0.25) is 0 Å². The minimum Gasteiger partial charge on any atom is -0.353 e. The Balaban J connectivity index is 0.000000750. The van der Waals surface area contributed by atoms with Crippen LogP contribution >= 0.6 is 12.4 Å². The number of para-hydroxylation sites is 1. The van der Waals surface area contributed by atoms with Crippen LogP contribution in [0.25, 0.3) is 21.8 Å². The van der Waals surface area contributed by atoms with Gasteiger partial charge in [0.15, 0.2) is 0 Å². The van der Waals surface area contributed by atoms with Crippen molar-refractivity contribution >= 4 is 34.2 Å². The van der Waals surface area contributed by atoms with Gasteiger partial charge < -0.3 is 4.98 Å². The number of rotatable bonds is 0. The molecule has 1 N–H and O–H groups in total. The number of fused-ring (bicyclic) bond motifs is 3. The maximum absolute atomic E-state index is 4.08. The molecule has 3 rings (SSSR count). The van der Waals surface area contributed by atoms with E-state index in [0.29, 0.717) is 0 Å². The number of hydrogen-bond acceptors (Lipinski definition) is 1. The van der Waals surface area contributed by atoms with E-state index in [1.807, 2.05) is 24.5 Å². The number of nitrogens with zero attached hydrogens (tertiary/aromatic N) is 1. The summed E-state index contributed by atoms with van der Waals surface area (Å²) in [6.07, 6.45) is 3.68. The van der Waals surface area contributed by atoms with Crippen molar-refractivity contribution in [2.75, 3.05) is 0 Å². The summed E-state index contributed by atoms with van der Waals surface area (Å²) in [5.74, 6) is 0. The van der Waals surface area contributed by atoms with Crippen LogP contribution in [0, 0.1) is 0 Å². The number of aromatic nitrogens is 2. The van der Waals surface area contributed by atoms with Gasteiger partial charge in [-0.2, -0.15) is 0 Å². The second kappa shape index (κ2) is 3.31. The Morgan fingerprint density at radius 2 is 1.71 bits per heavy atom. The van der Waals surface area contributed by atoms with Crippen molar-refractivity contribution in [1.29, 1.82) is 0 Å². The molecule has 3 aromatic rings. The maximum atomic E-state index is 4.08. The molecule has 0 radical (unpaired) electrons. The number of halogens is 1. The third-order valence-corrected chi connectivity index (χ3v) is 2.31. The minimum absolute atomic E-state index is 0. The van der Waals surface area contributed by atoms with E-state index < -0.39 is 0 Å². The van der Waals surface area contributed by atoms with Gasteiger partial charge in [0.2, 0.25) is 0 Å². The molecule has 70 valence electrons. The van der Waals surface area contributed by atoms with Gasteiger partial charge in [0.05, 0.1) is 11.7 Å². The molecule has 0 saturated carbocycles. The normalized spacial score (nSPS) is 10.3. The average molecular weight is 205 g/mol. The van der Waals surface area contributed by atoms with Crippen LogP contribution in [0.3, 0.4) is 0 Å². The molecular weight excluding hydrogens is 196 g/mol. The summed E-state index contributed by atoms with van der Waals surface area (Å²) in [6, 6.07) is 10.3. The minimum atomic E-state index is 0. The van der Waals surface area contributed by atoms with E-state index in [1.54, 1.807) is 0 Å². The lowest BCUT2D eigenvalue weighted by atomic mass is 10.2. The molecule has 0 saturated heterocycles. The Kier molecular flexibility index (Phi) is 2.14. The van der Waals surface area contributed by atoms with Gasteiger partial charge in [-0.3, -0.25) is 4.98 Å². The van der Waals surface area contributed by atoms with E-state index in [2.05, 4.69) is 28.2 Å². The molecule has 0 aliphatic heterocycles. The van der Waals surface area contributed by atoms with E-state index in [9.17, 15) is 0 Å². The summed E-state index contributed by atoms with van der Waals surface area (Å²) in [5, 5.41) is 2.51. The van der Waals surface area contributed by atoms with E-state index in [4.69, 9.17) is 0 Å². The van der Waals surface area contributed by atoms with Gasteiger partial charge in [-0.25, -0.2) is 0 Å². The van der Waals surface area contributed by atoms with Gasteiger partial charge in [0, 0.05) is 22.5 Å². The average Bonchev–Trinajstić information content (AvgIpc) is 2.56. The molecular formula is C11H9ClN2. The fourth-order valence-electron chi connectivity index (χ4n) is 1.70. The first-order valence-corrected chi connectivity index (χ1v) is 4.25. The summed E-state index contributed by atoms with van der Waals surface area (Å²) >= 11 is 0. The number of hydrogen-bond donors (Lipinski definition) is 1. The molecule has 0 spiro atoms. The third kappa shape index (κ3) is 1.16. The van der Waals surface area contributed by atoms with Crippen molar-refractivity contribution in [3.8, 4) is 0 Å². The van der Waals surface area contributed by atoms with E-state index in [1.165, 1.54) is 16.3 Å². The monoisotopic (exact) mass is 204 g/mol. The summed E-state index contributed by atoms with van der Waals surface area (Å²) in [4.78, 5) is 7.39. The van der Waals surface area contributed by atoms with Crippen LogP contribution in [-0.2, 0) is 0 Å². The molecule has 2 heterocycles. The van der Waals surface area contributed by atoms with Crippen molar-refractivity contribution < 1.29 is 0 Å². The van der Waals surface area contributed by atoms with Crippen LogP contribution < -0.4 is 0 Å². The van der Waals surface area contributed by atoms with E-state index in [0.717, 1.165) is 5.52 Å². The Bertz CT molecular complexity index is 521. The lowest BCUT2D eigenvalue weighted by molar-refractivity contribution is 1.35. The van der Waals surface area contributed by atoms with Crippen LogP contribution in [0.15, 0.2) is 42.7 Å². The fourth-order valence-corrected chi connectivity index (χ4v) is 1.70. The number of aromatic amines is 1. The zero-order chi connectivity index (χ0) is 8.67. The summed E-state index contributed by atoms with van der Waals surface area (Å²) in [7, 11) is 0. The Labute approximate surface area is 87.4 Å². The molecule has 0 aliphatic rings. The predicted octanol–water partition coefficient (Wildman–Crippen LogP) is 3.14. The molecule has 0 amide bonds. The third-order valence-electron chi connectivity index (χ3n) is 2.31. The lowest BCUT2D eigenvalue weighted by Crippen LogP contribution is -1.68. The van der Waals surface area contributed by atoms with Gasteiger partial charge in [-0.05, 0) is 12.1 Å². The predicted molar refractivity (Wildman–Crippen MR) is 60.8 cm³/mol. The van der Waals surface area contributed by atoms with Gasteiger partial charge >= 0.3 is 0 Å². The topological polar surface area (TPSA) is 28.7 Å². The van der Waals surface area contributed by atoms with Gasteiger partial charge in [0.25, 0.3) is 0 Å². The smallest absolute Gasteiger partial charge is 0.0651 e. The first-order chi connectivity index (χ1) is 6.45. The highest BCUT2D eigenvalue weighted by atomic mass is 35.5. The number of benzene rings is 1. The summed E-state index contributed by atoms with van der Waals surface area (Å²) in [5.41, 5.74) is 2.27. The quantitative estimate of drug-likeness (QED) is 0.599. The zero-order valence-corrected chi connectivity index (χ0v) is 8.21. The Hall–Kier alpha value is -1.54. The summed E-state index contributed by atoms with van der Waals surface area (Å²) in [6.45, 7) is 0. The lowest BCUT2D eigenvalue weighted by Gasteiger charge is -1.87. The molecule has 1 aromatic carbocycles. The van der Waals surface area contributed by atoms with E-state index >= 15 is 0 Å². The largest absolute Gasteiger partial charge is 0.353 e.